The molecular formula is C15H24ClN3O4S3. The fourth-order valence-corrected chi connectivity index (χ4v) is 8.56. The van der Waals surface area contributed by atoms with Gasteiger partial charge in [-0.15, -0.1) is 11.3 Å². The minimum atomic E-state index is -3.62. The number of halogens is 1. The van der Waals surface area contributed by atoms with Crippen molar-refractivity contribution in [3.05, 3.63) is 16.5 Å². The van der Waals surface area contributed by atoms with Crippen molar-refractivity contribution in [3.63, 3.8) is 0 Å². The minimum Gasteiger partial charge on any atom is -0.206 e. The monoisotopic (exact) mass is 441 g/mol. The van der Waals surface area contributed by atoms with Crippen molar-refractivity contribution in [2.75, 3.05) is 39.3 Å². The van der Waals surface area contributed by atoms with Gasteiger partial charge in [-0.2, -0.15) is 21.3 Å². The second-order valence-corrected chi connectivity index (χ2v) is 12.9. The molecule has 148 valence electrons. The summed E-state index contributed by atoms with van der Waals surface area (Å²) in [4.78, 5) is 0. The quantitative estimate of drug-likeness (QED) is 0.715. The first-order valence-electron chi connectivity index (χ1n) is 8.61. The molecule has 2 aliphatic rings. The molecule has 26 heavy (non-hydrogen) atoms. The van der Waals surface area contributed by atoms with Gasteiger partial charge in [0.2, 0.25) is 0 Å². The molecule has 2 fully saturated rings. The van der Waals surface area contributed by atoms with Crippen LogP contribution in [-0.2, 0) is 20.2 Å². The van der Waals surface area contributed by atoms with E-state index in [4.69, 9.17) is 11.6 Å². The summed E-state index contributed by atoms with van der Waals surface area (Å²) in [5.41, 5.74) is 0. The molecule has 1 aromatic heterocycles. The van der Waals surface area contributed by atoms with Crippen LogP contribution < -0.4 is 0 Å². The smallest absolute Gasteiger partial charge is 0.206 e. The molecule has 0 unspecified atom stereocenters. The largest absolute Gasteiger partial charge is 0.282 e. The van der Waals surface area contributed by atoms with Crippen LogP contribution in [0.2, 0.25) is 4.34 Å². The molecule has 2 aliphatic heterocycles. The van der Waals surface area contributed by atoms with Crippen LogP contribution in [0.4, 0.5) is 0 Å². The Balaban J connectivity index is 1.68. The number of piperidine rings is 1. The number of hydrogen-bond acceptors (Lipinski definition) is 5. The lowest BCUT2D eigenvalue weighted by atomic mass is 9.94. The molecular weight excluding hydrogens is 418 g/mol. The van der Waals surface area contributed by atoms with Crippen molar-refractivity contribution in [1.82, 2.24) is 12.9 Å². The third-order valence-corrected chi connectivity index (χ3v) is 10.4. The third-order valence-electron chi connectivity index (χ3n) is 4.83. The van der Waals surface area contributed by atoms with Crippen LogP contribution in [0, 0.1) is 11.8 Å². The van der Waals surface area contributed by atoms with Crippen molar-refractivity contribution in [2.24, 2.45) is 11.8 Å². The van der Waals surface area contributed by atoms with Gasteiger partial charge in [0.1, 0.15) is 4.21 Å². The Bertz CT molecular complexity index is 837. The summed E-state index contributed by atoms with van der Waals surface area (Å²) in [6.07, 6.45) is 1.03. The van der Waals surface area contributed by atoms with E-state index in [9.17, 15) is 16.8 Å². The number of rotatable bonds is 4. The normalized spacial score (nSPS) is 27.7. The van der Waals surface area contributed by atoms with E-state index in [-0.39, 0.29) is 30.4 Å². The summed E-state index contributed by atoms with van der Waals surface area (Å²) in [5, 5.41) is 0. The number of nitrogens with zero attached hydrogens (tertiary/aromatic N) is 3. The van der Waals surface area contributed by atoms with Gasteiger partial charge < -0.3 is 0 Å². The molecule has 2 saturated heterocycles. The molecule has 0 bridgehead atoms. The van der Waals surface area contributed by atoms with Crippen molar-refractivity contribution in [3.8, 4) is 0 Å². The summed E-state index contributed by atoms with van der Waals surface area (Å²) in [7, 11) is -7.17. The summed E-state index contributed by atoms with van der Waals surface area (Å²) in [6, 6.07) is 3.04. The SMILES string of the molecule is C[C@H]1C[C@H](C)CN(S(=O)(=O)N2CCN(S(=O)(=O)c3ccc(Cl)s3)CC2)C1. The number of thiophene rings is 1. The first kappa shape index (κ1) is 20.5. The van der Waals surface area contributed by atoms with E-state index < -0.39 is 20.2 Å². The highest BCUT2D eigenvalue weighted by Crippen LogP contribution is 2.30. The average molecular weight is 442 g/mol. The molecule has 0 aromatic carbocycles. The zero-order valence-electron chi connectivity index (χ0n) is 14.8. The van der Waals surface area contributed by atoms with Crippen LogP contribution in [0.1, 0.15) is 20.3 Å². The van der Waals surface area contributed by atoms with Gasteiger partial charge in [-0.05, 0) is 30.4 Å². The number of hydrogen-bond donors (Lipinski definition) is 0. The zero-order valence-corrected chi connectivity index (χ0v) is 18.0. The molecule has 0 radical (unpaired) electrons. The summed E-state index contributed by atoms with van der Waals surface area (Å²) in [6.45, 7) is 5.81. The molecule has 0 spiro atoms. The van der Waals surface area contributed by atoms with Gasteiger partial charge in [0.15, 0.2) is 0 Å². The first-order valence-corrected chi connectivity index (χ1v) is 12.6. The van der Waals surface area contributed by atoms with Crippen LogP contribution in [0.25, 0.3) is 0 Å². The van der Waals surface area contributed by atoms with Crippen LogP contribution in [0.15, 0.2) is 16.3 Å². The van der Waals surface area contributed by atoms with Gasteiger partial charge in [-0.3, -0.25) is 0 Å². The number of sulfonamides is 1. The van der Waals surface area contributed by atoms with Crippen molar-refractivity contribution in [2.45, 2.75) is 24.5 Å². The average Bonchev–Trinajstić information content (AvgIpc) is 3.01. The summed E-state index contributed by atoms with van der Waals surface area (Å²) in [5.74, 6) is 0.664. The highest BCUT2D eigenvalue weighted by Gasteiger charge is 2.38. The van der Waals surface area contributed by atoms with E-state index in [0.717, 1.165) is 17.8 Å². The van der Waals surface area contributed by atoms with Gasteiger partial charge >= 0.3 is 0 Å². The van der Waals surface area contributed by atoms with Crippen molar-refractivity contribution in [1.29, 1.82) is 0 Å². The molecule has 0 amide bonds. The fourth-order valence-electron chi connectivity index (χ4n) is 3.66. The highest BCUT2D eigenvalue weighted by atomic mass is 35.5. The maximum atomic E-state index is 12.9. The van der Waals surface area contributed by atoms with Crippen LogP contribution in [-0.4, -0.2) is 69.0 Å². The van der Waals surface area contributed by atoms with Crippen molar-refractivity contribution < 1.29 is 16.8 Å². The molecule has 7 nitrogen and oxygen atoms in total. The Labute approximate surface area is 164 Å². The predicted molar refractivity (Wildman–Crippen MR) is 103 cm³/mol. The Kier molecular flexibility index (Phi) is 6.03. The number of piperazine rings is 1. The Morgan fingerprint density at radius 1 is 0.923 bits per heavy atom. The van der Waals surface area contributed by atoms with Crippen LogP contribution in [0.3, 0.4) is 0 Å². The Hall–Kier alpha value is -0.230. The summed E-state index contributed by atoms with van der Waals surface area (Å²) >= 11 is 6.85. The molecule has 0 aliphatic carbocycles. The van der Waals surface area contributed by atoms with E-state index in [1.165, 1.54) is 14.7 Å². The minimum absolute atomic E-state index is 0.149. The van der Waals surface area contributed by atoms with Crippen LogP contribution in [0.5, 0.6) is 0 Å². The topological polar surface area (TPSA) is 78.0 Å². The molecule has 1 aromatic rings. The Morgan fingerprint density at radius 2 is 1.46 bits per heavy atom. The molecule has 2 atom stereocenters. The predicted octanol–water partition coefficient (Wildman–Crippen LogP) is 1.93. The maximum absolute atomic E-state index is 12.9. The molecule has 3 heterocycles. The van der Waals surface area contributed by atoms with E-state index in [0.29, 0.717) is 29.3 Å². The second-order valence-electron chi connectivity index (χ2n) is 7.13. The summed E-state index contributed by atoms with van der Waals surface area (Å²) < 4.78 is 56.0. The molecule has 0 saturated carbocycles. The van der Waals surface area contributed by atoms with E-state index in [1.54, 1.807) is 10.4 Å². The lowest BCUT2D eigenvalue weighted by Gasteiger charge is -2.39. The van der Waals surface area contributed by atoms with E-state index >= 15 is 0 Å². The molecule has 3 rings (SSSR count). The highest BCUT2D eigenvalue weighted by molar-refractivity contribution is 7.91. The van der Waals surface area contributed by atoms with Gasteiger partial charge in [0, 0.05) is 39.3 Å². The van der Waals surface area contributed by atoms with Gasteiger partial charge in [0.25, 0.3) is 20.2 Å². The molecule has 0 N–H and O–H groups in total. The third kappa shape index (κ3) is 4.11. The second kappa shape index (κ2) is 7.65. The standard InChI is InChI=1S/C15H24ClN3O4S3/c1-12-9-13(2)11-19(10-12)26(22,23)18-7-5-17(6-8-18)25(20,21)15-4-3-14(16)24-15/h3-4,12-13H,5-11H2,1-2H3/t12-,13-/m0/s1. The van der Waals surface area contributed by atoms with Gasteiger partial charge in [0.05, 0.1) is 4.34 Å². The zero-order chi connectivity index (χ0) is 19.1. The first-order chi connectivity index (χ1) is 12.1. The van der Waals surface area contributed by atoms with Gasteiger partial charge in [-0.1, -0.05) is 25.4 Å². The lowest BCUT2D eigenvalue weighted by Crippen LogP contribution is -2.56. The maximum Gasteiger partial charge on any atom is 0.282 e. The Morgan fingerprint density at radius 3 is 1.96 bits per heavy atom. The van der Waals surface area contributed by atoms with Crippen molar-refractivity contribution >= 4 is 43.2 Å². The lowest BCUT2D eigenvalue weighted by molar-refractivity contribution is 0.197. The van der Waals surface area contributed by atoms with E-state index in [2.05, 4.69) is 13.8 Å². The van der Waals surface area contributed by atoms with Gasteiger partial charge in [-0.25, -0.2) is 8.42 Å². The molecule has 11 heteroatoms. The fraction of sp³-hybridized carbons (Fsp3) is 0.733. The van der Waals surface area contributed by atoms with Crippen LogP contribution >= 0.6 is 22.9 Å². The van der Waals surface area contributed by atoms with E-state index in [1.807, 2.05) is 0 Å².